The molecular formula is C10H13NO3. The van der Waals surface area contributed by atoms with Gasteiger partial charge < -0.3 is 20.3 Å². The van der Waals surface area contributed by atoms with Crippen LogP contribution < -0.4 is 15.2 Å². The molecule has 3 N–H and O–H groups in total. The fourth-order valence-corrected chi connectivity index (χ4v) is 1.54. The van der Waals surface area contributed by atoms with Crippen LogP contribution in [-0.2, 0) is 0 Å². The molecule has 1 heterocycles. The van der Waals surface area contributed by atoms with Crippen molar-refractivity contribution >= 4 is 0 Å². The van der Waals surface area contributed by atoms with E-state index in [1.54, 1.807) is 0 Å². The minimum absolute atomic E-state index is 0.0751. The first-order valence-corrected chi connectivity index (χ1v) is 4.58. The average Bonchev–Trinajstić information content (AvgIpc) is 2.65. The molecule has 0 aliphatic carbocycles. The van der Waals surface area contributed by atoms with E-state index in [2.05, 4.69) is 0 Å². The Morgan fingerprint density at radius 3 is 3.07 bits per heavy atom. The molecule has 14 heavy (non-hydrogen) atoms. The van der Waals surface area contributed by atoms with Crippen molar-refractivity contribution in [3.8, 4) is 11.5 Å². The third-order valence-electron chi connectivity index (χ3n) is 2.27. The maximum absolute atomic E-state index is 8.79. The SMILES string of the molecule is N[C@H](CCO)c1cccc2c1OCO2. The van der Waals surface area contributed by atoms with Gasteiger partial charge in [0, 0.05) is 18.2 Å². The van der Waals surface area contributed by atoms with Crippen molar-refractivity contribution in [1.82, 2.24) is 0 Å². The summed E-state index contributed by atoms with van der Waals surface area (Å²) in [6.07, 6.45) is 0.528. The Labute approximate surface area is 82.2 Å². The Kier molecular flexibility index (Phi) is 2.56. The molecule has 0 saturated heterocycles. The lowest BCUT2D eigenvalue weighted by atomic mass is 10.0. The van der Waals surface area contributed by atoms with Gasteiger partial charge in [0.1, 0.15) is 0 Å². The Morgan fingerprint density at radius 1 is 1.43 bits per heavy atom. The molecule has 1 aliphatic rings. The highest BCUT2D eigenvalue weighted by Crippen LogP contribution is 2.38. The summed E-state index contributed by atoms with van der Waals surface area (Å²) in [5.41, 5.74) is 6.78. The molecule has 0 aromatic heterocycles. The molecule has 0 radical (unpaired) electrons. The first-order valence-electron chi connectivity index (χ1n) is 4.58. The second-order valence-corrected chi connectivity index (χ2v) is 3.20. The fraction of sp³-hybridized carbons (Fsp3) is 0.400. The molecule has 1 aliphatic heterocycles. The van der Waals surface area contributed by atoms with Crippen LogP contribution in [0.2, 0.25) is 0 Å². The van der Waals surface area contributed by atoms with Crippen LogP contribution in [0.3, 0.4) is 0 Å². The summed E-state index contributed by atoms with van der Waals surface area (Å²) in [6.45, 7) is 0.323. The molecule has 76 valence electrons. The van der Waals surface area contributed by atoms with Gasteiger partial charge in [-0.25, -0.2) is 0 Å². The molecule has 0 fully saturated rings. The summed E-state index contributed by atoms with van der Waals surface area (Å²) in [5.74, 6) is 1.45. The van der Waals surface area contributed by atoms with E-state index in [4.69, 9.17) is 20.3 Å². The van der Waals surface area contributed by atoms with Crippen LogP contribution in [0, 0.1) is 0 Å². The molecule has 1 atom stereocenters. The van der Waals surface area contributed by atoms with E-state index >= 15 is 0 Å². The molecule has 0 unspecified atom stereocenters. The molecule has 0 amide bonds. The number of hydrogen-bond acceptors (Lipinski definition) is 4. The minimum Gasteiger partial charge on any atom is -0.454 e. The van der Waals surface area contributed by atoms with Gasteiger partial charge in [-0.15, -0.1) is 0 Å². The van der Waals surface area contributed by atoms with E-state index in [0.717, 1.165) is 11.3 Å². The van der Waals surface area contributed by atoms with Gasteiger partial charge in [-0.1, -0.05) is 12.1 Å². The van der Waals surface area contributed by atoms with Crippen molar-refractivity contribution < 1.29 is 14.6 Å². The number of nitrogens with two attached hydrogens (primary N) is 1. The van der Waals surface area contributed by atoms with Crippen molar-refractivity contribution in [3.63, 3.8) is 0 Å². The van der Waals surface area contributed by atoms with Crippen LogP contribution in [-0.4, -0.2) is 18.5 Å². The third-order valence-corrected chi connectivity index (χ3v) is 2.27. The summed E-state index contributed by atoms with van der Waals surface area (Å²) in [7, 11) is 0. The summed E-state index contributed by atoms with van der Waals surface area (Å²) in [5, 5.41) is 8.79. The highest BCUT2D eigenvalue weighted by Gasteiger charge is 2.20. The first-order chi connectivity index (χ1) is 6.83. The molecule has 1 aromatic carbocycles. The Bertz CT molecular complexity index is 327. The summed E-state index contributed by atoms with van der Waals surface area (Å²) >= 11 is 0. The molecule has 4 nitrogen and oxygen atoms in total. The lowest BCUT2D eigenvalue weighted by Crippen LogP contribution is -2.12. The van der Waals surface area contributed by atoms with Gasteiger partial charge in [0.2, 0.25) is 6.79 Å². The van der Waals surface area contributed by atoms with E-state index in [1.165, 1.54) is 0 Å². The molecule has 0 spiro atoms. The van der Waals surface area contributed by atoms with Gasteiger partial charge in [0.25, 0.3) is 0 Å². The van der Waals surface area contributed by atoms with E-state index < -0.39 is 0 Å². The van der Waals surface area contributed by atoms with Gasteiger partial charge in [-0.2, -0.15) is 0 Å². The van der Waals surface area contributed by atoms with E-state index in [-0.39, 0.29) is 19.4 Å². The highest BCUT2D eigenvalue weighted by molar-refractivity contribution is 5.49. The molecule has 0 saturated carbocycles. The quantitative estimate of drug-likeness (QED) is 0.748. The summed E-state index contributed by atoms with van der Waals surface area (Å²) in [4.78, 5) is 0. The normalized spacial score (nSPS) is 15.6. The number of fused-ring (bicyclic) bond motifs is 1. The number of hydrogen-bond donors (Lipinski definition) is 2. The zero-order valence-electron chi connectivity index (χ0n) is 7.77. The monoisotopic (exact) mass is 195 g/mol. The first kappa shape index (κ1) is 9.30. The highest BCUT2D eigenvalue weighted by atomic mass is 16.7. The van der Waals surface area contributed by atoms with Crippen LogP contribution in [0.5, 0.6) is 11.5 Å². The lowest BCUT2D eigenvalue weighted by Gasteiger charge is -2.12. The zero-order chi connectivity index (χ0) is 9.97. The molecule has 2 rings (SSSR count). The smallest absolute Gasteiger partial charge is 0.231 e. The number of benzene rings is 1. The van der Waals surface area contributed by atoms with Gasteiger partial charge in [-0.3, -0.25) is 0 Å². The number of rotatable bonds is 3. The van der Waals surface area contributed by atoms with Gasteiger partial charge in [-0.05, 0) is 12.5 Å². The van der Waals surface area contributed by atoms with Crippen LogP contribution in [0.1, 0.15) is 18.0 Å². The Balaban J connectivity index is 2.29. The maximum atomic E-state index is 8.79. The van der Waals surface area contributed by atoms with Crippen molar-refractivity contribution in [2.75, 3.05) is 13.4 Å². The molecule has 1 aromatic rings. The third kappa shape index (κ3) is 1.54. The summed E-state index contributed by atoms with van der Waals surface area (Å²) in [6, 6.07) is 5.42. The van der Waals surface area contributed by atoms with Crippen LogP contribution in [0.4, 0.5) is 0 Å². The van der Waals surface area contributed by atoms with E-state index in [0.29, 0.717) is 12.2 Å². The lowest BCUT2D eigenvalue weighted by molar-refractivity contribution is 0.172. The average molecular weight is 195 g/mol. The van der Waals surface area contributed by atoms with Crippen molar-refractivity contribution in [3.05, 3.63) is 23.8 Å². The second kappa shape index (κ2) is 3.86. The molecular weight excluding hydrogens is 182 g/mol. The van der Waals surface area contributed by atoms with E-state index in [1.807, 2.05) is 18.2 Å². The van der Waals surface area contributed by atoms with Crippen LogP contribution in [0.25, 0.3) is 0 Å². The number of ether oxygens (including phenoxy) is 2. The van der Waals surface area contributed by atoms with E-state index in [9.17, 15) is 0 Å². The van der Waals surface area contributed by atoms with Crippen molar-refractivity contribution in [1.29, 1.82) is 0 Å². The number of aliphatic hydroxyl groups is 1. The molecule has 0 bridgehead atoms. The summed E-state index contributed by atoms with van der Waals surface area (Å²) < 4.78 is 10.5. The van der Waals surface area contributed by atoms with Gasteiger partial charge in [0.05, 0.1) is 0 Å². The number of aliphatic hydroxyl groups excluding tert-OH is 1. The largest absolute Gasteiger partial charge is 0.454 e. The second-order valence-electron chi connectivity index (χ2n) is 3.20. The van der Waals surface area contributed by atoms with Gasteiger partial charge >= 0.3 is 0 Å². The van der Waals surface area contributed by atoms with Gasteiger partial charge in [0.15, 0.2) is 11.5 Å². The predicted octanol–water partition coefficient (Wildman–Crippen LogP) is 0.797. The van der Waals surface area contributed by atoms with Crippen LogP contribution >= 0.6 is 0 Å². The predicted molar refractivity (Wildman–Crippen MR) is 51.2 cm³/mol. The maximum Gasteiger partial charge on any atom is 0.231 e. The van der Waals surface area contributed by atoms with Crippen molar-refractivity contribution in [2.45, 2.75) is 12.5 Å². The topological polar surface area (TPSA) is 64.7 Å². The minimum atomic E-state index is -0.198. The standard InChI is InChI=1S/C10H13NO3/c11-8(4-5-12)7-2-1-3-9-10(7)14-6-13-9/h1-3,8,12H,4-6,11H2/t8-/m1/s1. The Hall–Kier alpha value is -1.26. The number of para-hydroxylation sites is 1. The fourth-order valence-electron chi connectivity index (χ4n) is 1.54. The van der Waals surface area contributed by atoms with Crippen LogP contribution in [0.15, 0.2) is 18.2 Å². The van der Waals surface area contributed by atoms with Crippen molar-refractivity contribution in [2.24, 2.45) is 5.73 Å². The Morgan fingerprint density at radius 2 is 2.29 bits per heavy atom. The zero-order valence-corrected chi connectivity index (χ0v) is 7.77. The molecule has 4 heteroatoms.